The number of fused-ring (bicyclic) bond motifs is 2. The number of carbonyl (C=O) groups is 2. The number of aliphatic hydroxyl groups is 1. The van der Waals surface area contributed by atoms with Crippen LogP contribution in [0.4, 0.5) is 10.5 Å². The molecule has 4 aromatic rings. The van der Waals surface area contributed by atoms with Gasteiger partial charge in [-0.25, -0.2) is 4.79 Å². The number of hydrogen-bond acceptors (Lipinski definition) is 5. The summed E-state index contributed by atoms with van der Waals surface area (Å²) in [5, 5.41) is 20.8. The molecule has 6 rings (SSSR count). The van der Waals surface area contributed by atoms with Gasteiger partial charge in [0.25, 0.3) is 0 Å². The minimum Gasteiger partial charge on any atom is -0.392 e. The molecule has 0 spiro atoms. The molecule has 1 atom stereocenters. The third kappa shape index (κ3) is 5.29. The number of aromatic amines is 1. The predicted octanol–water partition coefficient (Wildman–Crippen LogP) is 4.51. The maximum absolute atomic E-state index is 13.6. The summed E-state index contributed by atoms with van der Waals surface area (Å²) in [6.07, 6.45) is 6.03. The topological polar surface area (TPSA) is 114 Å². The van der Waals surface area contributed by atoms with E-state index < -0.39 is 0 Å². The van der Waals surface area contributed by atoms with Crippen molar-refractivity contribution in [1.82, 2.24) is 25.0 Å². The number of carbonyl (C=O) groups excluding carboxylic acids is 2. The fourth-order valence-electron chi connectivity index (χ4n) is 6.05. The Hall–Kier alpha value is -4.24. The number of amides is 3. The number of nitrogens with zero attached hydrogens (tertiary/aromatic N) is 4. The Morgan fingerprint density at radius 1 is 1.10 bits per heavy atom. The predicted molar refractivity (Wildman–Crippen MR) is 153 cm³/mol. The van der Waals surface area contributed by atoms with Crippen LogP contribution in [0.25, 0.3) is 10.9 Å². The lowest BCUT2D eigenvalue weighted by molar-refractivity contribution is -0.133. The summed E-state index contributed by atoms with van der Waals surface area (Å²) in [4.78, 5) is 34.8. The van der Waals surface area contributed by atoms with Gasteiger partial charge in [-0.2, -0.15) is 5.10 Å². The number of hydrogen-bond donors (Lipinski definition) is 3. The molecule has 9 heteroatoms. The van der Waals surface area contributed by atoms with Crippen LogP contribution in [0.15, 0.2) is 60.9 Å². The Morgan fingerprint density at radius 3 is 2.70 bits per heavy atom. The van der Waals surface area contributed by atoms with Crippen LogP contribution < -0.4 is 5.32 Å². The molecule has 40 heavy (non-hydrogen) atoms. The molecule has 4 heterocycles. The fraction of sp³-hybridized carbons (Fsp3) is 0.355. The van der Waals surface area contributed by atoms with Crippen LogP contribution in [0.1, 0.15) is 53.1 Å². The van der Waals surface area contributed by atoms with Crippen molar-refractivity contribution in [1.29, 1.82) is 0 Å². The molecule has 1 unspecified atom stereocenters. The average Bonchev–Trinajstić information content (AvgIpc) is 3.46. The quantitative estimate of drug-likeness (QED) is 0.320. The van der Waals surface area contributed by atoms with Gasteiger partial charge in [-0.3, -0.25) is 14.9 Å². The minimum atomic E-state index is -0.105. The van der Waals surface area contributed by atoms with Gasteiger partial charge in [-0.05, 0) is 66.6 Å². The SMILES string of the molecule is Cc1cc(CC(CC(=O)N2CCC(N3Cc4ccccc4NC3=O)CC2)c2ccc(CO)cn2)cc2cn[nH]c12. The van der Waals surface area contributed by atoms with E-state index in [1.54, 1.807) is 6.20 Å². The van der Waals surface area contributed by atoms with Crippen LogP contribution in [0, 0.1) is 6.92 Å². The van der Waals surface area contributed by atoms with E-state index in [2.05, 4.69) is 39.6 Å². The average molecular weight is 539 g/mol. The number of aryl methyl sites for hydroxylation is 1. The summed E-state index contributed by atoms with van der Waals surface area (Å²) in [7, 11) is 0. The Bertz CT molecular complexity index is 1520. The zero-order chi connectivity index (χ0) is 27.6. The molecule has 1 saturated heterocycles. The van der Waals surface area contributed by atoms with Crippen molar-refractivity contribution < 1.29 is 14.7 Å². The van der Waals surface area contributed by atoms with Crippen LogP contribution in [0.2, 0.25) is 0 Å². The third-order valence-electron chi connectivity index (χ3n) is 8.28. The number of pyridine rings is 1. The summed E-state index contributed by atoms with van der Waals surface area (Å²) >= 11 is 0. The molecule has 0 bridgehead atoms. The van der Waals surface area contributed by atoms with Crippen LogP contribution >= 0.6 is 0 Å². The molecule has 0 aliphatic carbocycles. The zero-order valence-electron chi connectivity index (χ0n) is 22.6. The monoisotopic (exact) mass is 538 g/mol. The van der Waals surface area contributed by atoms with Crippen molar-refractivity contribution in [3.8, 4) is 0 Å². The number of likely N-dealkylation sites (tertiary alicyclic amines) is 1. The van der Waals surface area contributed by atoms with E-state index in [-0.39, 0.29) is 30.5 Å². The van der Waals surface area contributed by atoms with E-state index in [1.807, 2.05) is 52.4 Å². The maximum atomic E-state index is 13.6. The first-order valence-corrected chi connectivity index (χ1v) is 13.9. The number of urea groups is 1. The molecule has 2 aromatic carbocycles. The van der Waals surface area contributed by atoms with Crippen molar-refractivity contribution >= 4 is 28.5 Å². The lowest BCUT2D eigenvalue weighted by atomic mass is 9.90. The normalized spacial score (nSPS) is 16.6. The number of nitrogens with one attached hydrogen (secondary N) is 2. The zero-order valence-corrected chi connectivity index (χ0v) is 22.6. The number of aliphatic hydroxyl groups excluding tert-OH is 1. The highest BCUT2D eigenvalue weighted by Crippen LogP contribution is 2.30. The van der Waals surface area contributed by atoms with Gasteiger partial charge in [0.05, 0.1) is 18.3 Å². The van der Waals surface area contributed by atoms with Crippen LogP contribution in [0.3, 0.4) is 0 Å². The number of aromatic nitrogens is 3. The Kier molecular flexibility index (Phi) is 7.21. The molecule has 9 nitrogen and oxygen atoms in total. The van der Waals surface area contributed by atoms with E-state index in [0.29, 0.717) is 32.5 Å². The highest BCUT2D eigenvalue weighted by molar-refractivity contribution is 5.92. The lowest BCUT2D eigenvalue weighted by Crippen LogP contribution is -2.51. The van der Waals surface area contributed by atoms with E-state index in [1.165, 1.54) is 0 Å². The van der Waals surface area contributed by atoms with Gasteiger partial charge in [0, 0.05) is 61.0 Å². The third-order valence-corrected chi connectivity index (χ3v) is 8.28. The first kappa shape index (κ1) is 26.0. The molecule has 0 saturated carbocycles. The second-order valence-corrected chi connectivity index (χ2v) is 10.9. The van der Waals surface area contributed by atoms with Gasteiger partial charge in [-0.1, -0.05) is 30.3 Å². The number of rotatable bonds is 7. The molecule has 2 aliphatic rings. The Morgan fingerprint density at radius 2 is 1.93 bits per heavy atom. The summed E-state index contributed by atoms with van der Waals surface area (Å²) < 4.78 is 0. The molecule has 3 N–H and O–H groups in total. The van der Waals surface area contributed by atoms with Gasteiger partial charge in [-0.15, -0.1) is 0 Å². The molecule has 2 aromatic heterocycles. The Labute approximate surface area is 233 Å². The van der Waals surface area contributed by atoms with Crippen molar-refractivity contribution in [2.45, 2.75) is 57.7 Å². The standard InChI is InChI=1S/C31H34N6O3/c1-20-12-22(14-25-17-33-35-30(20)25)13-24(27-7-6-21(19-38)16-32-27)15-29(39)36-10-8-26(9-11-36)37-18-23-4-2-3-5-28(23)34-31(37)40/h2-7,12,14,16-17,24,26,38H,8-11,13,15,18-19H2,1H3,(H,33,35)(H,34,40). The van der Waals surface area contributed by atoms with Gasteiger partial charge >= 0.3 is 6.03 Å². The molecule has 2 aliphatic heterocycles. The second-order valence-electron chi connectivity index (χ2n) is 10.9. The first-order chi connectivity index (χ1) is 19.5. The minimum absolute atomic E-state index is 0.0641. The maximum Gasteiger partial charge on any atom is 0.322 e. The van der Waals surface area contributed by atoms with E-state index in [9.17, 15) is 14.7 Å². The molecule has 0 radical (unpaired) electrons. The van der Waals surface area contributed by atoms with E-state index in [0.717, 1.165) is 57.4 Å². The largest absolute Gasteiger partial charge is 0.392 e. The molecule has 1 fully saturated rings. The summed E-state index contributed by atoms with van der Waals surface area (Å²) in [6, 6.07) is 16.0. The number of anilines is 1. The van der Waals surface area contributed by atoms with Crippen molar-refractivity contribution in [2.24, 2.45) is 0 Å². The fourth-order valence-corrected chi connectivity index (χ4v) is 6.05. The van der Waals surface area contributed by atoms with Gasteiger partial charge < -0.3 is 20.2 Å². The summed E-state index contributed by atoms with van der Waals surface area (Å²) in [5.74, 6) is -0.00266. The van der Waals surface area contributed by atoms with Crippen LogP contribution in [-0.4, -0.2) is 61.2 Å². The summed E-state index contributed by atoms with van der Waals surface area (Å²) in [6.45, 7) is 3.84. The molecular weight excluding hydrogens is 504 g/mol. The number of H-pyrrole nitrogens is 1. The van der Waals surface area contributed by atoms with E-state index in [4.69, 9.17) is 0 Å². The smallest absolute Gasteiger partial charge is 0.322 e. The second kappa shape index (κ2) is 11.1. The van der Waals surface area contributed by atoms with Crippen molar-refractivity contribution in [3.63, 3.8) is 0 Å². The highest BCUT2D eigenvalue weighted by atomic mass is 16.3. The van der Waals surface area contributed by atoms with Crippen LogP contribution in [-0.2, 0) is 24.4 Å². The molecule has 206 valence electrons. The van der Waals surface area contributed by atoms with Gasteiger partial charge in [0.15, 0.2) is 0 Å². The highest BCUT2D eigenvalue weighted by Gasteiger charge is 2.33. The van der Waals surface area contributed by atoms with E-state index >= 15 is 0 Å². The summed E-state index contributed by atoms with van der Waals surface area (Å²) in [5.41, 5.74) is 6.86. The van der Waals surface area contributed by atoms with Crippen molar-refractivity contribution in [2.75, 3.05) is 18.4 Å². The van der Waals surface area contributed by atoms with Crippen molar-refractivity contribution in [3.05, 3.63) is 88.9 Å². The number of piperidine rings is 1. The first-order valence-electron chi connectivity index (χ1n) is 13.9. The lowest BCUT2D eigenvalue weighted by Gasteiger charge is -2.40. The Balaban J connectivity index is 1.14. The van der Waals surface area contributed by atoms with Gasteiger partial charge in [0.1, 0.15) is 0 Å². The van der Waals surface area contributed by atoms with Gasteiger partial charge in [0.2, 0.25) is 5.91 Å². The molecule has 3 amide bonds. The molecular formula is C31H34N6O3. The number of benzene rings is 2. The number of para-hydroxylation sites is 1. The van der Waals surface area contributed by atoms with Crippen LogP contribution in [0.5, 0.6) is 0 Å².